The third-order valence-electron chi connectivity index (χ3n) is 10.9. The van der Waals surface area contributed by atoms with Crippen molar-refractivity contribution >= 4 is 45.8 Å². The van der Waals surface area contributed by atoms with Crippen LogP contribution in [0.5, 0.6) is 0 Å². The van der Waals surface area contributed by atoms with Crippen LogP contribution < -0.4 is 11.2 Å². The summed E-state index contributed by atoms with van der Waals surface area (Å²) in [6.07, 6.45) is 5.73. The van der Waals surface area contributed by atoms with Crippen molar-refractivity contribution in [2.45, 2.75) is 104 Å². The number of nitrogens with one attached hydrogen (secondary N) is 1. The van der Waals surface area contributed by atoms with Gasteiger partial charge in [0.1, 0.15) is 12.6 Å². The number of nitrogens with two attached hydrogens (primary N) is 1. The largest absolute Gasteiger partial charge is 0.464 e. The summed E-state index contributed by atoms with van der Waals surface area (Å²) in [7, 11) is 3.21. The minimum Gasteiger partial charge on any atom is -0.464 e. The summed E-state index contributed by atoms with van der Waals surface area (Å²) in [5.41, 5.74) is 14.8. The second kappa shape index (κ2) is 16.5. The number of rotatable bonds is 9. The molecule has 14 heteroatoms. The molecule has 5 heterocycles. The van der Waals surface area contributed by atoms with E-state index >= 15 is 0 Å². The molecule has 0 saturated carbocycles. The average Bonchev–Trinajstić information content (AvgIpc) is 3.59. The molecule has 1 spiro atoms. The number of hydrogen-bond donors (Lipinski definition) is 2. The van der Waals surface area contributed by atoms with Crippen LogP contribution in [0.2, 0.25) is 0 Å². The van der Waals surface area contributed by atoms with Crippen molar-refractivity contribution < 1.29 is 33.3 Å². The highest BCUT2D eigenvalue weighted by Crippen LogP contribution is 2.42. The molecule has 13 nitrogen and oxygen atoms in total. The Balaban J connectivity index is 1.49. The van der Waals surface area contributed by atoms with Crippen molar-refractivity contribution in [1.82, 2.24) is 24.9 Å². The molecule has 3 N–H and O–H groups in total. The number of ether oxygens (including phenoxy) is 4. The molecule has 3 aliphatic heterocycles. The number of carbonyl (C=O) groups is 3. The molecular formula is C41H56N6O7S. The summed E-state index contributed by atoms with van der Waals surface area (Å²) in [6, 6.07) is 5.67. The van der Waals surface area contributed by atoms with Crippen molar-refractivity contribution in [2.75, 3.05) is 40.5 Å². The summed E-state index contributed by atoms with van der Waals surface area (Å²) >= 11 is 1.46. The maximum absolute atomic E-state index is 14.4. The number of methoxy groups -OCH3 is 2. The Morgan fingerprint density at radius 1 is 1.18 bits per heavy atom. The number of fused-ring (bicyclic) bond motifs is 6. The summed E-state index contributed by atoms with van der Waals surface area (Å²) in [6.45, 7) is 13.6. The first-order valence-corrected chi connectivity index (χ1v) is 20.2. The number of hydrogen-bond acceptors (Lipinski definition) is 11. The molecule has 3 aliphatic rings. The van der Waals surface area contributed by atoms with Crippen molar-refractivity contribution in [3.05, 3.63) is 57.7 Å². The Morgan fingerprint density at radius 3 is 2.67 bits per heavy atom. The van der Waals surface area contributed by atoms with Gasteiger partial charge in [-0.05, 0) is 64.2 Å². The molecule has 0 aliphatic carbocycles. The molecule has 2 saturated heterocycles. The number of amides is 2. The number of benzene rings is 1. The van der Waals surface area contributed by atoms with E-state index in [4.69, 9.17) is 29.7 Å². The Labute approximate surface area is 327 Å². The molecule has 6 bridgehead atoms. The van der Waals surface area contributed by atoms with Crippen LogP contribution in [0.15, 0.2) is 41.4 Å². The maximum atomic E-state index is 14.4. The van der Waals surface area contributed by atoms with Gasteiger partial charge in [-0.3, -0.25) is 19.5 Å². The summed E-state index contributed by atoms with van der Waals surface area (Å²) in [4.78, 5) is 47.9. The van der Waals surface area contributed by atoms with Crippen molar-refractivity contribution in [1.29, 1.82) is 0 Å². The monoisotopic (exact) mass is 776 g/mol. The molecular weight excluding hydrogens is 721 g/mol. The van der Waals surface area contributed by atoms with Crippen LogP contribution in [0, 0.1) is 5.41 Å². The number of esters is 1. The van der Waals surface area contributed by atoms with Gasteiger partial charge in [-0.25, -0.2) is 15.2 Å². The van der Waals surface area contributed by atoms with Crippen LogP contribution in [-0.4, -0.2) is 102 Å². The number of aryl methyl sites for hydroxylation is 1. The van der Waals surface area contributed by atoms with E-state index in [2.05, 4.69) is 68.0 Å². The smallest absolute Gasteiger partial charge is 0.410 e. The van der Waals surface area contributed by atoms with Crippen LogP contribution in [0.4, 0.5) is 4.79 Å². The average molecular weight is 777 g/mol. The number of cyclic esters (lactones) is 1. The fraction of sp³-hybridized carbons (Fsp3) is 0.561. The van der Waals surface area contributed by atoms with E-state index in [1.54, 1.807) is 21.1 Å². The Kier molecular flexibility index (Phi) is 12.1. The Morgan fingerprint density at radius 2 is 1.96 bits per heavy atom. The lowest BCUT2D eigenvalue weighted by atomic mass is 9.84. The number of carbonyl (C=O) groups excluding carboxylic acids is 3. The van der Waals surface area contributed by atoms with Gasteiger partial charge in [0, 0.05) is 72.3 Å². The zero-order valence-electron chi connectivity index (χ0n) is 33.4. The molecule has 2 aromatic heterocycles. The van der Waals surface area contributed by atoms with E-state index in [9.17, 15) is 14.4 Å². The molecule has 2 unspecified atom stereocenters. The number of nitrogens with zero attached hydrogens (tertiary/aromatic N) is 4. The van der Waals surface area contributed by atoms with Crippen molar-refractivity contribution in [3.8, 4) is 11.3 Å². The minimum atomic E-state index is -1.22. The number of hydrazine groups is 1. The lowest BCUT2D eigenvalue weighted by molar-refractivity contribution is -0.155. The fourth-order valence-electron chi connectivity index (χ4n) is 7.53. The maximum Gasteiger partial charge on any atom is 0.410 e. The van der Waals surface area contributed by atoms with Crippen LogP contribution in [-0.2, 0) is 47.9 Å². The van der Waals surface area contributed by atoms with Crippen LogP contribution in [0.25, 0.3) is 27.7 Å². The summed E-state index contributed by atoms with van der Waals surface area (Å²) in [5, 5.41) is 5.25. The highest BCUT2D eigenvalue weighted by Gasteiger charge is 2.64. The van der Waals surface area contributed by atoms with Gasteiger partial charge >= 0.3 is 12.1 Å². The third kappa shape index (κ3) is 8.18. The third-order valence-corrected chi connectivity index (χ3v) is 11.8. The molecule has 55 heavy (non-hydrogen) atoms. The zero-order valence-corrected chi connectivity index (χ0v) is 34.2. The molecule has 2 amide bonds. The van der Waals surface area contributed by atoms with Gasteiger partial charge in [-0.1, -0.05) is 39.0 Å². The first kappa shape index (κ1) is 40.4. The summed E-state index contributed by atoms with van der Waals surface area (Å²) in [5.74, 6) is -0.725. The standard InChI is InChI=1S/C41H56N6O7S/c1-9-11-13-28(35(42)26(4)52-8)36-30-19-40(5,6)24-54-37(48)31-14-12-17-47(44-31)38(49)41(23-46(41)39(50)53-21-25(3)51-7)20-34-43-32(22-55-34)27-15-16-33(29(30)18-27)45(36)10-2/h11,13,15-16,18,22,25-26,31,44H,9-10,12,14,17,19-21,23-24,42H2,1-8H3/b13-11-,35-28+/t25-,26?,31+,41?,46?/m1/s1. The topological polar surface area (TPSA) is 150 Å². The van der Waals surface area contributed by atoms with Gasteiger partial charge in [-0.2, -0.15) is 0 Å². The van der Waals surface area contributed by atoms with E-state index in [0.717, 1.165) is 45.4 Å². The van der Waals surface area contributed by atoms with E-state index in [1.807, 2.05) is 12.3 Å². The number of thiazole rings is 1. The van der Waals surface area contributed by atoms with E-state index in [0.29, 0.717) is 43.1 Å². The molecule has 4 atom stereocenters. The predicted molar refractivity (Wildman–Crippen MR) is 213 cm³/mol. The zero-order chi connectivity index (χ0) is 39.7. The van der Waals surface area contributed by atoms with Crippen LogP contribution >= 0.6 is 11.3 Å². The predicted octanol–water partition coefficient (Wildman–Crippen LogP) is 5.85. The van der Waals surface area contributed by atoms with Crippen molar-refractivity contribution in [2.24, 2.45) is 11.1 Å². The second-order valence-corrected chi connectivity index (χ2v) is 16.6. The number of aromatic nitrogens is 2. The number of allylic oxidation sites excluding steroid dienone is 3. The summed E-state index contributed by atoms with van der Waals surface area (Å²) < 4.78 is 24.9. The van der Waals surface area contributed by atoms with Crippen molar-refractivity contribution in [3.63, 3.8) is 0 Å². The van der Waals surface area contributed by atoms with Gasteiger partial charge in [0.05, 0.1) is 41.8 Å². The Bertz CT molecular complexity index is 1980. The molecule has 0 radical (unpaired) electrons. The van der Waals surface area contributed by atoms with E-state index in [-0.39, 0.29) is 44.3 Å². The fourth-order valence-corrected chi connectivity index (χ4v) is 8.44. The second-order valence-electron chi connectivity index (χ2n) is 15.6. The van der Waals surface area contributed by atoms with Gasteiger partial charge in [0.25, 0.3) is 5.91 Å². The molecule has 3 aromatic rings. The normalized spacial score (nSPS) is 23.1. The van der Waals surface area contributed by atoms with Gasteiger partial charge < -0.3 is 29.2 Å². The van der Waals surface area contributed by atoms with Gasteiger partial charge in [0.15, 0.2) is 5.54 Å². The lowest BCUT2D eigenvalue weighted by Crippen LogP contribution is -2.59. The van der Waals surface area contributed by atoms with Crippen LogP contribution in [0.3, 0.4) is 0 Å². The van der Waals surface area contributed by atoms with E-state index < -0.39 is 29.1 Å². The van der Waals surface area contributed by atoms with Crippen LogP contribution in [0.1, 0.15) is 77.1 Å². The quantitative estimate of drug-likeness (QED) is 0.154. The van der Waals surface area contributed by atoms with Gasteiger partial charge in [-0.15, -0.1) is 11.3 Å². The first-order chi connectivity index (χ1) is 26.3. The van der Waals surface area contributed by atoms with Gasteiger partial charge in [0.2, 0.25) is 0 Å². The Hall–Kier alpha value is -4.24. The lowest BCUT2D eigenvalue weighted by Gasteiger charge is -2.35. The van der Waals surface area contributed by atoms with E-state index in [1.165, 1.54) is 21.2 Å². The molecule has 1 aromatic carbocycles. The first-order valence-electron chi connectivity index (χ1n) is 19.3. The molecule has 6 rings (SSSR count). The highest BCUT2D eigenvalue weighted by atomic mass is 32.1. The highest BCUT2D eigenvalue weighted by molar-refractivity contribution is 7.10. The molecule has 2 fully saturated rings. The minimum absolute atomic E-state index is 0.0554. The SMILES string of the molecule is CC/C=C\C(=C(/N)C(C)OC)c1c2c3cc(ccc3n1CC)-c1csc(n1)CC1(CN1C(=O)OC[C@@H](C)OC)C(=O)N1CCC[C@H](N1)C(=O)OCC(C)(C)C2. The molecule has 298 valence electrons.